The number of ether oxygens (including phenoxy) is 1. The molecule has 3 heteroatoms. The normalized spacial score (nSPS) is 11.8. The van der Waals surface area contributed by atoms with Gasteiger partial charge in [-0.05, 0) is 29.2 Å². The van der Waals surface area contributed by atoms with Gasteiger partial charge in [0.05, 0.1) is 17.8 Å². The fraction of sp³-hybridized carbons (Fsp3) is 0.438. The molecule has 1 aromatic heterocycles. The van der Waals surface area contributed by atoms with Crippen molar-refractivity contribution in [3.63, 3.8) is 0 Å². The fourth-order valence-electron chi connectivity index (χ4n) is 2.18. The van der Waals surface area contributed by atoms with Crippen molar-refractivity contribution in [2.24, 2.45) is 0 Å². The second-order valence-corrected chi connectivity index (χ2v) is 5.83. The number of nitrogens with zero attached hydrogens (tertiary/aromatic N) is 1. The zero-order valence-corrected chi connectivity index (χ0v) is 12.4. The zero-order valence-electron chi connectivity index (χ0n) is 12.4. The van der Waals surface area contributed by atoms with Crippen LogP contribution in [0, 0.1) is 0 Å². The summed E-state index contributed by atoms with van der Waals surface area (Å²) in [6.07, 6.45) is 0. The van der Waals surface area contributed by atoms with Crippen LogP contribution in [0.1, 0.15) is 32.0 Å². The highest BCUT2D eigenvalue weighted by Gasteiger charge is 2.15. The van der Waals surface area contributed by atoms with Gasteiger partial charge in [-0.3, -0.25) is 4.98 Å². The van der Waals surface area contributed by atoms with Gasteiger partial charge in [-0.25, -0.2) is 0 Å². The summed E-state index contributed by atoms with van der Waals surface area (Å²) in [6.45, 7) is 7.20. The van der Waals surface area contributed by atoms with Crippen molar-refractivity contribution >= 4 is 16.6 Å². The van der Waals surface area contributed by atoms with Crippen LogP contribution in [0.2, 0.25) is 0 Å². The molecule has 0 atom stereocenters. The molecule has 0 radical (unpaired) electrons. The number of nitrogens with one attached hydrogen (secondary N) is 1. The van der Waals surface area contributed by atoms with Gasteiger partial charge in [-0.1, -0.05) is 26.8 Å². The highest BCUT2D eigenvalue weighted by atomic mass is 16.5. The molecular formula is C16H22N2O. The van der Waals surface area contributed by atoms with Crippen LogP contribution >= 0.6 is 0 Å². The first-order valence-electron chi connectivity index (χ1n) is 6.56. The fourth-order valence-corrected chi connectivity index (χ4v) is 2.18. The molecule has 2 aromatic rings. The van der Waals surface area contributed by atoms with E-state index < -0.39 is 0 Å². The molecule has 0 unspecified atom stereocenters. The van der Waals surface area contributed by atoms with Crippen LogP contribution in [0.4, 0.5) is 5.69 Å². The Labute approximate surface area is 115 Å². The number of aromatic nitrogens is 1. The Morgan fingerprint density at radius 1 is 1.21 bits per heavy atom. The topological polar surface area (TPSA) is 34.1 Å². The second-order valence-electron chi connectivity index (χ2n) is 5.83. The molecule has 1 heterocycles. The maximum atomic E-state index is 5.16. The van der Waals surface area contributed by atoms with Gasteiger partial charge in [0.15, 0.2) is 0 Å². The van der Waals surface area contributed by atoms with Crippen molar-refractivity contribution < 1.29 is 4.74 Å². The standard InChI is InChI=1S/C16H22N2O/c1-16(2,3)11-6-7-14-13(8-11)15(17-4)9-12(18-14)10-19-5/h6-9H,10H2,1-5H3,(H,17,18). The van der Waals surface area contributed by atoms with E-state index in [4.69, 9.17) is 4.74 Å². The Balaban J connectivity index is 2.62. The summed E-state index contributed by atoms with van der Waals surface area (Å²) in [5, 5.41) is 4.41. The lowest BCUT2D eigenvalue weighted by Gasteiger charge is -2.20. The molecule has 2 rings (SSSR count). The van der Waals surface area contributed by atoms with Gasteiger partial charge in [-0.15, -0.1) is 0 Å². The van der Waals surface area contributed by atoms with E-state index in [1.165, 1.54) is 5.56 Å². The number of anilines is 1. The van der Waals surface area contributed by atoms with Crippen molar-refractivity contribution in [1.82, 2.24) is 4.98 Å². The van der Waals surface area contributed by atoms with E-state index in [2.05, 4.69) is 55.3 Å². The summed E-state index contributed by atoms with van der Waals surface area (Å²) in [7, 11) is 3.63. The minimum atomic E-state index is 0.143. The van der Waals surface area contributed by atoms with E-state index in [9.17, 15) is 0 Å². The Morgan fingerprint density at radius 2 is 1.95 bits per heavy atom. The van der Waals surface area contributed by atoms with Crippen molar-refractivity contribution in [3.05, 3.63) is 35.5 Å². The molecule has 0 saturated carbocycles. The van der Waals surface area contributed by atoms with Crippen molar-refractivity contribution in [2.45, 2.75) is 32.8 Å². The van der Waals surface area contributed by atoms with Crippen molar-refractivity contribution in [3.8, 4) is 0 Å². The molecule has 0 amide bonds. The van der Waals surface area contributed by atoms with Crippen LogP contribution in [0.3, 0.4) is 0 Å². The predicted molar refractivity (Wildman–Crippen MR) is 80.7 cm³/mol. The number of benzene rings is 1. The molecule has 19 heavy (non-hydrogen) atoms. The van der Waals surface area contributed by atoms with Gasteiger partial charge in [0.2, 0.25) is 0 Å². The largest absolute Gasteiger partial charge is 0.388 e. The van der Waals surface area contributed by atoms with E-state index >= 15 is 0 Å². The number of fused-ring (bicyclic) bond motifs is 1. The van der Waals surface area contributed by atoms with Crippen LogP contribution in [-0.4, -0.2) is 19.1 Å². The average molecular weight is 258 g/mol. The SMILES string of the molecule is CNc1cc(COC)nc2ccc(C(C)(C)C)cc12. The van der Waals surface area contributed by atoms with Gasteiger partial charge in [0, 0.05) is 25.2 Å². The second kappa shape index (κ2) is 5.17. The van der Waals surface area contributed by atoms with Gasteiger partial charge < -0.3 is 10.1 Å². The van der Waals surface area contributed by atoms with E-state index in [0.717, 1.165) is 22.3 Å². The van der Waals surface area contributed by atoms with Gasteiger partial charge in [0.1, 0.15) is 0 Å². The lowest BCUT2D eigenvalue weighted by Crippen LogP contribution is -2.11. The Bertz CT molecular complexity index is 585. The monoisotopic (exact) mass is 258 g/mol. The lowest BCUT2D eigenvalue weighted by molar-refractivity contribution is 0.182. The van der Waals surface area contributed by atoms with E-state index in [-0.39, 0.29) is 5.41 Å². The van der Waals surface area contributed by atoms with Crippen molar-refractivity contribution in [2.75, 3.05) is 19.5 Å². The molecule has 0 aliphatic carbocycles. The third kappa shape index (κ3) is 2.87. The summed E-state index contributed by atoms with van der Waals surface area (Å²) in [6, 6.07) is 8.53. The molecule has 1 aromatic carbocycles. The van der Waals surface area contributed by atoms with Crippen LogP contribution in [0.25, 0.3) is 10.9 Å². The summed E-state index contributed by atoms with van der Waals surface area (Å²) in [5.74, 6) is 0. The maximum Gasteiger partial charge on any atom is 0.0885 e. The van der Waals surface area contributed by atoms with Crippen LogP contribution in [-0.2, 0) is 16.8 Å². The van der Waals surface area contributed by atoms with Crippen LogP contribution < -0.4 is 5.32 Å². The predicted octanol–water partition coefficient (Wildman–Crippen LogP) is 3.72. The number of pyridine rings is 1. The highest BCUT2D eigenvalue weighted by molar-refractivity contribution is 5.92. The summed E-state index contributed by atoms with van der Waals surface area (Å²) >= 11 is 0. The quantitative estimate of drug-likeness (QED) is 0.911. The van der Waals surface area contributed by atoms with E-state index in [1.807, 2.05) is 7.05 Å². The molecule has 0 aliphatic heterocycles. The smallest absolute Gasteiger partial charge is 0.0885 e. The molecule has 0 fully saturated rings. The third-order valence-corrected chi connectivity index (χ3v) is 3.29. The van der Waals surface area contributed by atoms with Gasteiger partial charge >= 0.3 is 0 Å². The first kappa shape index (κ1) is 13.8. The number of hydrogen-bond donors (Lipinski definition) is 1. The lowest BCUT2D eigenvalue weighted by atomic mass is 9.86. The summed E-state index contributed by atoms with van der Waals surface area (Å²) in [5.41, 5.74) is 4.51. The zero-order chi connectivity index (χ0) is 14.0. The minimum Gasteiger partial charge on any atom is -0.388 e. The first-order chi connectivity index (χ1) is 8.95. The Hall–Kier alpha value is -1.61. The summed E-state index contributed by atoms with van der Waals surface area (Å²) < 4.78 is 5.16. The Morgan fingerprint density at radius 3 is 2.53 bits per heavy atom. The molecular weight excluding hydrogens is 236 g/mol. The van der Waals surface area contributed by atoms with E-state index in [0.29, 0.717) is 6.61 Å². The summed E-state index contributed by atoms with van der Waals surface area (Å²) in [4.78, 5) is 4.63. The third-order valence-electron chi connectivity index (χ3n) is 3.29. The number of hydrogen-bond acceptors (Lipinski definition) is 3. The number of rotatable bonds is 3. The van der Waals surface area contributed by atoms with Gasteiger partial charge in [0.25, 0.3) is 0 Å². The average Bonchev–Trinajstić information content (AvgIpc) is 2.36. The molecule has 0 spiro atoms. The molecule has 1 N–H and O–H groups in total. The number of methoxy groups -OCH3 is 1. The molecule has 0 aliphatic rings. The minimum absolute atomic E-state index is 0.143. The Kier molecular flexibility index (Phi) is 3.76. The van der Waals surface area contributed by atoms with Crippen LogP contribution in [0.15, 0.2) is 24.3 Å². The first-order valence-corrected chi connectivity index (χ1v) is 6.56. The maximum absolute atomic E-state index is 5.16. The highest BCUT2D eigenvalue weighted by Crippen LogP contribution is 2.29. The molecule has 0 bridgehead atoms. The molecule has 0 saturated heterocycles. The van der Waals surface area contributed by atoms with E-state index in [1.54, 1.807) is 7.11 Å². The van der Waals surface area contributed by atoms with Crippen LogP contribution in [0.5, 0.6) is 0 Å². The van der Waals surface area contributed by atoms with Crippen molar-refractivity contribution in [1.29, 1.82) is 0 Å². The molecule has 102 valence electrons. The van der Waals surface area contributed by atoms with Gasteiger partial charge in [-0.2, -0.15) is 0 Å². The molecule has 3 nitrogen and oxygen atoms in total.